The average molecular weight is 152 g/mol. The van der Waals surface area contributed by atoms with Gasteiger partial charge in [-0.05, 0) is 25.8 Å². The fourth-order valence-corrected chi connectivity index (χ4v) is 1.17. The van der Waals surface area contributed by atoms with Crippen LogP contribution in [0.1, 0.15) is 12.8 Å². The second kappa shape index (κ2) is 4.09. The largest absolute Gasteiger partial charge is 0.396 e. The summed E-state index contributed by atoms with van der Waals surface area (Å²) in [6, 6.07) is 0.597. The third kappa shape index (κ3) is 1.81. The zero-order valence-electron chi connectivity index (χ0n) is 5.63. The van der Waals surface area contributed by atoms with Gasteiger partial charge in [0, 0.05) is 12.6 Å². The molecule has 1 aliphatic carbocycles. The number of halogens is 1. The number of hydrogen-bond acceptors (Lipinski definition) is 2. The maximum atomic E-state index is 8.65. The maximum Gasteiger partial charge on any atom is 0.0474 e. The molecular weight excluding hydrogens is 138 g/mol. The summed E-state index contributed by atoms with van der Waals surface area (Å²) < 4.78 is 0. The van der Waals surface area contributed by atoms with Gasteiger partial charge in [0.05, 0.1) is 0 Å². The van der Waals surface area contributed by atoms with E-state index in [-0.39, 0.29) is 12.4 Å². The minimum Gasteiger partial charge on any atom is -0.396 e. The van der Waals surface area contributed by atoms with Crippen molar-refractivity contribution in [3.05, 3.63) is 0 Å². The lowest BCUT2D eigenvalue weighted by molar-refractivity contribution is 0.121. The first-order valence-electron chi connectivity index (χ1n) is 3.16. The minimum atomic E-state index is 0. The molecule has 3 heteroatoms. The van der Waals surface area contributed by atoms with Gasteiger partial charge in [0.1, 0.15) is 0 Å². The van der Waals surface area contributed by atoms with Crippen molar-refractivity contribution >= 4 is 12.4 Å². The summed E-state index contributed by atoms with van der Waals surface area (Å²) in [6.07, 6.45) is 2.43. The van der Waals surface area contributed by atoms with Crippen LogP contribution in [0, 0.1) is 5.92 Å². The van der Waals surface area contributed by atoms with E-state index in [1.54, 1.807) is 0 Å². The quantitative estimate of drug-likeness (QED) is 0.599. The molecule has 2 atom stereocenters. The molecule has 2 N–H and O–H groups in total. The Hall–Kier alpha value is 0.210. The summed E-state index contributed by atoms with van der Waals surface area (Å²) in [5.41, 5.74) is 0. The summed E-state index contributed by atoms with van der Waals surface area (Å²) >= 11 is 0. The Bertz CT molecular complexity index is 65.5. The molecule has 0 radical (unpaired) electrons. The molecule has 0 aliphatic heterocycles. The number of aliphatic hydroxyl groups excluding tert-OH is 1. The van der Waals surface area contributed by atoms with Crippen molar-refractivity contribution in [2.45, 2.75) is 18.9 Å². The lowest BCUT2D eigenvalue weighted by atomic mass is 9.80. The zero-order chi connectivity index (χ0) is 5.98. The lowest BCUT2D eigenvalue weighted by Gasteiger charge is -2.34. The summed E-state index contributed by atoms with van der Waals surface area (Å²) in [4.78, 5) is 0. The van der Waals surface area contributed by atoms with Gasteiger partial charge in [-0.15, -0.1) is 12.4 Å². The highest BCUT2D eigenvalue weighted by atomic mass is 35.5. The van der Waals surface area contributed by atoms with E-state index in [4.69, 9.17) is 5.11 Å². The molecule has 1 aliphatic rings. The van der Waals surface area contributed by atoms with E-state index in [0.717, 1.165) is 0 Å². The summed E-state index contributed by atoms with van der Waals surface area (Å²) in [6.45, 7) is 0.353. The van der Waals surface area contributed by atoms with Crippen LogP contribution in [0.3, 0.4) is 0 Å². The normalized spacial score (nSPS) is 32.7. The fraction of sp³-hybridized carbons (Fsp3) is 1.00. The summed E-state index contributed by atoms with van der Waals surface area (Å²) in [5.74, 6) is 0.542. The van der Waals surface area contributed by atoms with Crippen LogP contribution >= 0.6 is 12.4 Å². The second-order valence-electron chi connectivity index (χ2n) is 2.42. The smallest absolute Gasteiger partial charge is 0.0474 e. The average Bonchev–Trinajstić information content (AvgIpc) is 1.66. The van der Waals surface area contributed by atoms with Crippen LogP contribution in [0.15, 0.2) is 0 Å². The van der Waals surface area contributed by atoms with Crippen molar-refractivity contribution in [2.24, 2.45) is 5.92 Å². The monoisotopic (exact) mass is 151 g/mol. The molecule has 1 saturated carbocycles. The van der Waals surface area contributed by atoms with Crippen LogP contribution in [0.2, 0.25) is 0 Å². The van der Waals surface area contributed by atoms with Crippen LogP contribution in [-0.2, 0) is 0 Å². The Labute approximate surface area is 62.1 Å². The fourth-order valence-electron chi connectivity index (χ4n) is 1.17. The lowest BCUT2D eigenvalue weighted by Crippen LogP contribution is -2.43. The van der Waals surface area contributed by atoms with Crippen molar-refractivity contribution in [1.82, 2.24) is 5.32 Å². The van der Waals surface area contributed by atoms with E-state index in [2.05, 4.69) is 5.32 Å². The molecule has 56 valence electrons. The summed E-state index contributed by atoms with van der Waals surface area (Å²) in [7, 11) is 1.95. The highest BCUT2D eigenvalue weighted by molar-refractivity contribution is 5.85. The molecule has 0 saturated heterocycles. The van der Waals surface area contributed by atoms with Crippen LogP contribution < -0.4 is 5.32 Å². The van der Waals surface area contributed by atoms with Gasteiger partial charge in [-0.25, -0.2) is 0 Å². The van der Waals surface area contributed by atoms with Gasteiger partial charge < -0.3 is 10.4 Å². The van der Waals surface area contributed by atoms with Gasteiger partial charge in [0.15, 0.2) is 0 Å². The van der Waals surface area contributed by atoms with Crippen molar-refractivity contribution in [1.29, 1.82) is 0 Å². The van der Waals surface area contributed by atoms with E-state index in [9.17, 15) is 0 Å². The first-order chi connectivity index (χ1) is 3.88. The van der Waals surface area contributed by atoms with Gasteiger partial charge in [-0.1, -0.05) is 0 Å². The molecule has 0 aromatic heterocycles. The molecule has 2 nitrogen and oxygen atoms in total. The summed E-state index contributed by atoms with van der Waals surface area (Å²) in [5, 5.41) is 11.8. The first-order valence-corrected chi connectivity index (χ1v) is 3.16. The molecule has 0 aromatic carbocycles. The SMILES string of the molecule is CN[C@H]1CC[C@H]1CO.Cl. The number of nitrogens with one attached hydrogen (secondary N) is 1. The molecule has 0 bridgehead atoms. The number of aliphatic hydroxyl groups is 1. The highest BCUT2D eigenvalue weighted by Crippen LogP contribution is 2.25. The second-order valence-corrected chi connectivity index (χ2v) is 2.42. The number of rotatable bonds is 2. The van der Waals surface area contributed by atoms with Gasteiger partial charge in [-0.3, -0.25) is 0 Å². The van der Waals surface area contributed by atoms with E-state index < -0.39 is 0 Å². The van der Waals surface area contributed by atoms with Gasteiger partial charge in [-0.2, -0.15) is 0 Å². The molecule has 0 unspecified atom stereocenters. The molecule has 9 heavy (non-hydrogen) atoms. The van der Waals surface area contributed by atoms with Gasteiger partial charge >= 0.3 is 0 Å². The van der Waals surface area contributed by atoms with Crippen LogP contribution in [-0.4, -0.2) is 24.8 Å². The van der Waals surface area contributed by atoms with E-state index in [1.807, 2.05) is 7.05 Å². The minimum absolute atomic E-state index is 0. The number of hydrogen-bond donors (Lipinski definition) is 2. The van der Waals surface area contributed by atoms with Gasteiger partial charge in [0.2, 0.25) is 0 Å². The zero-order valence-corrected chi connectivity index (χ0v) is 6.45. The van der Waals surface area contributed by atoms with E-state index >= 15 is 0 Å². The van der Waals surface area contributed by atoms with Crippen molar-refractivity contribution in [2.75, 3.05) is 13.7 Å². The van der Waals surface area contributed by atoms with Crippen molar-refractivity contribution in [3.8, 4) is 0 Å². The molecule has 1 rings (SSSR count). The topological polar surface area (TPSA) is 32.3 Å². The van der Waals surface area contributed by atoms with Crippen LogP contribution in [0.25, 0.3) is 0 Å². The van der Waals surface area contributed by atoms with Crippen molar-refractivity contribution in [3.63, 3.8) is 0 Å². The molecule has 0 spiro atoms. The molecule has 0 heterocycles. The Morgan fingerprint density at radius 2 is 2.22 bits per heavy atom. The third-order valence-electron chi connectivity index (χ3n) is 2.02. The van der Waals surface area contributed by atoms with Gasteiger partial charge in [0.25, 0.3) is 0 Å². The third-order valence-corrected chi connectivity index (χ3v) is 2.02. The van der Waals surface area contributed by atoms with Crippen LogP contribution in [0.5, 0.6) is 0 Å². The Balaban J connectivity index is 0.000000640. The Morgan fingerprint density at radius 1 is 1.56 bits per heavy atom. The molecule has 1 fully saturated rings. The highest BCUT2D eigenvalue weighted by Gasteiger charge is 2.27. The van der Waals surface area contributed by atoms with Crippen molar-refractivity contribution < 1.29 is 5.11 Å². The Morgan fingerprint density at radius 3 is 2.33 bits per heavy atom. The standard InChI is InChI=1S/C6H13NO.ClH/c1-7-6-3-2-5(6)4-8;/h5-8H,2-4H2,1H3;1H/t5-,6-;/m0./s1. The molecule has 0 amide bonds. The van der Waals surface area contributed by atoms with E-state index in [1.165, 1.54) is 12.8 Å². The van der Waals surface area contributed by atoms with E-state index in [0.29, 0.717) is 18.6 Å². The predicted molar refractivity (Wildman–Crippen MR) is 39.9 cm³/mol. The Kier molecular flexibility index (Phi) is 4.19. The molecular formula is C6H14ClNO. The molecule has 0 aromatic rings. The maximum absolute atomic E-state index is 8.65. The first kappa shape index (κ1) is 9.21. The van der Waals surface area contributed by atoms with Crippen LogP contribution in [0.4, 0.5) is 0 Å². The predicted octanol–water partition coefficient (Wildman–Crippen LogP) is 0.398.